The molecule has 0 aliphatic carbocycles. The van der Waals surface area contributed by atoms with Crippen LogP contribution in [0.2, 0.25) is 0 Å². The van der Waals surface area contributed by atoms with Crippen LogP contribution in [-0.2, 0) is 19.2 Å². The lowest BCUT2D eigenvalue weighted by Gasteiger charge is -2.37. The lowest BCUT2D eigenvalue weighted by Crippen LogP contribution is -2.59. The van der Waals surface area contributed by atoms with E-state index in [9.17, 15) is 19.2 Å². The minimum Gasteiger partial charge on any atom is -0.286 e. The van der Waals surface area contributed by atoms with Gasteiger partial charge in [0.2, 0.25) is 23.6 Å². The number of hydrogen-bond acceptors (Lipinski definition) is 8. The molecule has 4 fully saturated rings. The van der Waals surface area contributed by atoms with E-state index in [2.05, 4.69) is 9.80 Å². The highest BCUT2D eigenvalue weighted by molar-refractivity contribution is 6.00. The molecular formula is C20H32N6O4. The molecule has 0 N–H and O–H groups in total. The highest BCUT2D eigenvalue weighted by atomic mass is 16.2. The van der Waals surface area contributed by atoms with Crippen LogP contribution in [0.3, 0.4) is 0 Å². The van der Waals surface area contributed by atoms with E-state index in [1.54, 1.807) is 0 Å². The zero-order valence-electron chi connectivity index (χ0n) is 17.6. The topological polar surface area (TPSA) is 87.7 Å². The Morgan fingerprint density at radius 2 is 0.767 bits per heavy atom. The average Bonchev–Trinajstić information content (AvgIpc) is 3.40. The Balaban J connectivity index is 1.22. The summed E-state index contributed by atoms with van der Waals surface area (Å²) < 4.78 is 0. The van der Waals surface area contributed by atoms with Gasteiger partial charge in [-0.2, -0.15) is 0 Å². The monoisotopic (exact) mass is 420 g/mol. The molecule has 0 bridgehead atoms. The largest absolute Gasteiger partial charge is 0.286 e. The van der Waals surface area contributed by atoms with E-state index >= 15 is 0 Å². The SMILES string of the molecule is O=C1CN(CCN2CC(=O)N(CN3CCCC3)C(=O)C2)CC(=O)N1CN1CCCC1. The van der Waals surface area contributed by atoms with Gasteiger partial charge in [0.15, 0.2) is 0 Å². The maximum atomic E-state index is 12.5. The van der Waals surface area contributed by atoms with Crippen molar-refractivity contribution in [1.29, 1.82) is 0 Å². The standard InChI is InChI=1S/C20H32N6O4/c27-17-11-23(12-18(28)25(17)15-21-5-1-2-6-21)9-10-24-13-19(29)26(20(30)14-24)16-22-7-3-4-8-22/h1-16H2. The van der Waals surface area contributed by atoms with E-state index in [1.165, 1.54) is 9.80 Å². The molecule has 0 atom stereocenters. The molecule has 0 spiro atoms. The minimum absolute atomic E-state index is 0.166. The molecule has 10 nitrogen and oxygen atoms in total. The number of hydrogen-bond donors (Lipinski definition) is 0. The number of carbonyl (C=O) groups excluding carboxylic acids is 4. The van der Waals surface area contributed by atoms with Crippen LogP contribution in [0.15, 0.2) is 0 Å². The quantitative estimate of drug-likeness (QED) is 0.457. The lowest BCUT2D eigenvalue weighted by molar-refractivity contribution is -0.157. The Morgan fingerprint density at radius 3 is 1.07 bits per heavy atom. The molecule has 4 heterocycles. The molecule has 4 amide bonds. The van der Waals surface area contributed by atoms with Crippen molar-refractivity contribution in [3.63, 3.8) is 0 Å². The van der Waals surface area contributed by atoms with Gasteiger partial charge in [-0.15, -0.1) is 0 Å². The maximum Gasteiger partial charge on any atom is 0.244 e. The molecule has 0 unspecified atom stereocenters. The molecule has 166 valence electrons. The van der Waals surface area contributed by atoms with Gasteiger partial charge in [-0.05, 0) is 51.9 Å². The summed E-state index contributed by atoms with van der Waals surface area (Å²) >= 11 is 0. The van der Waals surface area contributed by atoms with Gasteiger partial charge in [0.25, 0.3) is 0 Å². The number of carbonyl (C=O) groups is 4. The van der Waals surface area contributed by atoms with Gasteiger partial charge in [-0.25, -0.2) is 0 Å². The zero-order valence-corrected chi connectivity index (χ0v) is 17.6. The third kappa shape index (κ3) is 5.05. The zero-order chi connectivity index (χ0) is 21.1. The summed E-state index contributed by atoms with van der Waals surface area (Å²) in [6, 6.07) is 0. The molecule has 30 heavy (non-hydrogen) atoms. The summed E-state index contributed by atoms with van der Waals surface area (Å²) in [6.45, 7) is 6.34. The van der Waals surface area contributed by atoms with Crippen LogP contribution in [0.5, 0.6) is 0 Å². The van der Waals surface area contributed by atoms with E-state index in [1.807, 2.05) is 9.80 Å². The second-order valence-electron chi connectivity index (χ2n) is 8.79. The van der Waals surface area contributed by atoms with Gasteiger partial charge in [0.1, 0.15) is 0 Å². The predicted molar refractivity (Wildman–Crippen MR) is 108 cm³/mol. The van der Waals surface area contributed by atoms with Crippen LogP contribution in [0.25, 0.3) is 0 Å². The number of imide groups is 2. The molecular weight excluding hydrogens is 388 g/mol. The molecule has 0 aromatic heterocycles. The molecule has 4 aliphatic rings. The van der Waals surface area contributed by atoms with Crippen molar-refractivity contribution in [3.05, 3.63) is 0 Å². The highest BCUT2D eigenvalue weighted by Crippen LogP contribution is 2.14. The summed E-state index contributed by atoms with van der Waals surface area (Å²) in [5.74, 6) is -0.664. The summed E-state index contributed by atoms with van der Waals surface area (Å²) in [6.07, 6.45) is 4.46. The average molecular weight is 421 g/mol. The highest BCUT2D eigenvalue weighted by Gasteiger charge is 2.35. The number of nitrogens with zero attached hydrogens (tertiary/aromatic N) is 6. The van der Waals surface area contributed by atoms with Crippen molar-refractivity contribution in [2.24, 2.45) is 0 Å². The van der Waals surface area contributed by atoms with Gasteiger partial charge in [-0.1, -0.05) is 0 Å². The first kappa shape index (κ1) is 21.4. The van der Waals surface area contributed by atoms with Crippen LogP contribution >= 0.6 is 0 Å². The summed E-state index contributed by atoms with van der Waals surface area (Å²) in [5.41, 5.74) is 0. The van der Waals surface area contributed by atoms with Crippen LogP contribution in [0.4, 0.5) is 0 Å². The fourth-order valence-electron chi connectivity index (χ4n) is 4.66. The summed E-state index contributed by atoms with van der Waals surface area (Å²) in [4.78, 5) is 60.5. The summed E-state index contributed by atoms with van der Waals surface area (Å²) in [7, 11) is 0. The summed E-state index contributed by atoms with van der Waals surface area (Å²) in [5, 5.41) is 0. The smallest absolute Gasteiger partial charge is 0.244 e. The molecule has 0 aromatic rings. The number of amides is 4. The van der Waals surface area contributed by atoms with E-state index in [-0.39, 0.29) is 49.8 Å². The van der Waals surface area contributed by atoms with E-state index in [4.69, 9.17) is 0 Å². The van der Waals surface area contributed by atoms with Crippen LogP contribution in [-0.4, -0.2) is 132 Å². The first-order valence-electron chi connectivity index (χ1n) is 11.1. The van der Waals surface area contributed by atoms with Crippen molar-refractivity contribution in [2.75, 3.05) is 78.8 Å². The van der Waals surface area contributed by atoms with Crippen LogP contribution in [0.1, 0.15) is 25.7 Å². The molecule has 4 saturated heterocycles. The first-order valence-corrected chi connectivity index (χ1v) is 11.1. The van der Waals surface area contributed by atoms with Crippen molar-refractivity contribution >= 4 is 23.6 Å². The predicted octanol–water partition coefficient (Wildman–Crippen LogP) is -1.57. The molecule has 0 saturated carbocycles. The van der Waals surface area contributed by atoms with Crippen molar-refractivity contribution in [2.45, 2.75) is 25.7 Å². The molecule has 4 rings (SSSR count). The fraction of sp³-hybridized carbons (Fsp3) is 0.800. The second kappa shape index (κ2) is 9.51. The second-order valence-corrected chi connectivity index (χ2v) is 8.79. The Morgan fingerprint density at radius 1 is 0.467 bits per heavy atom. The molecule has 0 radical (unpaired) electrons. The Labute approximate surface area is 177 Å². The Kier molecular flexibility index (Phi) is 6.77. The maximum absolute atomic E-state index is 12.5. The number of likely N-dealkylation sites (tertiary alicyclic amines) is 2. The van der Waals surface area contributed by atoms with Gasteiger partial charge in [0.05, 0.1) is 39.5 Å². The van der Waals surface area contributed by atoms with Crippen molar-refractivity contribution in [1.82, 2.24) is 29.4 Å². The van der Waals surface area contributed by atoms with Gasteiger partial charge in [-0.3, -0.25) is 48.6 Å². The number of piperazine rings is 2. The van der Waals surface area contributed by atoms with Crippen LogP contribution < -0.4 is 0 Å². The fourth-order valence-corrected chi connectivity index (χ4v) is 4.66. The van der Waals surface area contributed by atoms with Gasteiger partial charge in [0, 0.05) is 13.1 Å². The lowest BCUT2D eigenvalue weighted by atomic mass is 10.2. The van der Waals surface area contributed by atoms with Gasteiger partial charge < -0.3 is 0 Å². The molecule has 4 aliphatic heterocycles. The van der Waals surface area contributed by atoms with Crippen molar-refractivity contribution in [3.8, 4) is 0 Å². The first-order chi connectivity index (χ1) is 14.5. The minimum atomic E-state index is -0.166. The van der Waals surface area contributed by atoms with E-state index in [0.29, 0.717) is 26.4 Å². The molecule has 0 aromatic carbocycles. The van der Waals surface area contributed by atoms with E-state index < -0.39 is 0 Å². The molecule has 10 heteroatoms. The van der Waals surface area contributed by atoms with Crippen molar-refractivity contribution < 1.29 is 19.2 Å². The number of rotatable bonds is 7. The Bertz CT molecular complexity index is 595. The normalized spacial score (nSPS) is 25.9. The van der Waals surface area contributed by atoms with E-state index in [0.717, 1.165) is 51.9 Å². The van der Waals surface area contributed by atoms with Crippen LogP contribution in [0, 0.1) is 0 Å². The third-order valence-corrected chi connectivity index (χ3v) is 6.45. The van der Waals surface area contributed by atoms with Gasteiger partial charge >= 0.3 is 0 Å². The third-order valence-electron chi connectivity index (χ3n) is 6.45. The Hall–Kier alpha value is -1.88.